The molecule has 0 heterocycles. The third-order valence-corrected chi connectivity index (χ3v) is 2.10. The number of rotatable bonds is 3. The molecule has 0 bridgehead atoms. The summed E-state index contributed by atoms with van der Waals surface area (Å²) in [6.07, 6.45) is -0.803. The summed E-state index contributed by atoms with van der Waals surface area (Å²) in [7, 11) is 1.51. The fourth-order valence-electron chi connectivity index (χ4n) is 1.15. The van der Waals surface area contributed by atoms with Crippen molar-refractivity contribution in [1.82, 2.24) is 4.90 Å². The summed E-state index contributed by atoms with van der Waals surface area (Å²) in [5.41, 5.74) is 5.65. The molecule has 0 aliphatic heterocycles. The quantitative estimate of drug-likeness (QED) is 0.676. The van der Waals surface area contributed by atoms with Gasteiger partial charge >= 0.3 is 6.03 Å². The largest absolute Gasteiger partial charge is 0.508 e. The molecular formula is C10H14N2O3. The second-order valence-corrected chi connectivity index (χ2v) is 3.33. The van der Waals surface area contributed by atoms with Crippen LogP contribution in [0.4, 0.5) is 4.79 Å². The summed E-state index contributed by atoms with van der Waals surface area (Å²) in [5.74, 6) is 0.134. The zero-order valence-electron chi connectivity index (χ0n) is 8.42. The number of hydrogen-bond donors (Lipinski definition) is 3. The molecule has 82 valence electrons. The number of aromatic hydroxyl groups is 1. The van der Waals surface area contributed by atoms with Gasteiger partial charge in [0.25, 0.3) is 0 Å². The number of carbonyl (C=O) groups is 1. The van der Waals surface area contributed by atoms with Gasteiger partial charge in [-0.3, -0.25) is 0 Å². The molecule has 0 radical (unpaired) electrons. The van der Waals surface area contributed by atoms with Crippen LogP contribution in [0.25, 0.3) is 0 Å². The zero-order chi connectivity index (χ0) is 11.4. The lowest BCUT2D eigenvalue weighted by atomic mass is 10.1. The van der Waals surface area contributed by atoms with E-state index in [1.54, 1.807) is 12.1 Å². The average molecular weight is 210 g/mol. The minimum absolute atomic E-state index is 0.125. The molecule has 5 heteroatoms. The maximum atomic E-state index is 10.7. The fourth-order valence-corrected chi connectivity index (χ4v) is 1.15. The molecule has 0 aliphatic rings. The topological polar surface area (TPSA) is 86.8 Å². The van der Waals surface area contributed by atoms with E-state index in [1.807, 2.05) is 0 Å². The lowest BCUT2D eigenvalue weighted by Crippen LogP contribution is -2.35. The molecule has 15 heavy (non-hydrogen) atoms. The summed E-state index contributed by atoms with van der Waals surface area (Å²) in [4.78, 5) is 11.9. The van der Waals surface area contributed by atoms with E-state index in [4.69, 9.17) is 10.8 Å². The van der Waals surface area contributed by atoms with Crippen LogP contribution in [0, 0.1) is 0 Å². The van der Waals surface area contributed by atoms with Crippen LogP contribution in [0.2, 0.25) is 0 Å². The second kappa shape index (κ2) is 4.65. The Labute approximate surface area is 87.7 Å². The van der Waals surface area contributed by atoms with Crippen LogP contribution in [0.5, 0.6) is 5.75 Å². The third kappa shape index (κ3) is 3.14. The van der Waals surface area contributed by atoms with Crippen molar-refractivity contribution in [3.05, 3.63) is 29.8 Å². The van der Waals surface area contributed by atoms with Crippen molar-refractivity contribution in [3.63, 3.8) is 0 Å². The van der Waals surface area contributed by atoms with Gasteiger partial charge in [-0.15, -0.1) is 0 Å². The van der Waals surface area contributed by atoms with Gasteiger partial charge in [-0.2, -0.15) is 0 Å². The van der Waals surface area contributed by atoms with Gasteiger partial charge in [-0.25, -0.2) is 4.79 Å². The third-order valence-electron chi connectivity index (χ3n) is 2.10. The number of phenols is 1. The summed E-state index contributed by atoms with van der Waals surface area (Å²) >= 11 is 0. The van der Waals surface area contributed by atoms with Crippen molar-refractivity contribution in [1.29, 1.82) is 0 Å². The van der Waals surface area contributed by atoms with Crippen LogP contribution in [0.3, 0.4) is 0 Å². The second-order valence-electron chi connectivity index (χ2n) is 3.33. The number of benzene rings is 1. The van der Waals surface area contributed by atoms with E-state index >= 15 is 0 Å². The maximum absolute atomic E-state index is 10.7. The van der Waals surface area contributed by atoms with Crippen LogP contribution in [-0.4, -0.2) is 34.7 Å². The molecule has 0 aromatic heterocycles. The molecule has 1 atom stereocenters. The molecule has 1 rings (SSSR count). The van der Waals surface area contributed by atoms with E-state index in [0.717, 1.165) is 0 Å². The first-order valence-corrected chi connectivity index (χ1v) is 4.48. The minimum atomic E-state index is -0.803. The highest BCUT2D eigenvalue weighted by atomic mass is 16.3. The van der Waals surface area contributed by atoms with E-state index in [9.17, 15) is 9.90 Å². The van der Waals surface area contributed by atoms with Crippen molar-refractivity contribution < 1.29 is 15.0 Å². The van der Waals surface area contributed by atoms with Crippen molar-refractivity contribution in [2.24, 2.45) is 5.73 Å². The fraction of sp³-hybridized carbons (Fsp3) is 0.300. The number of nitrogens with two attached hydrogens (primary N) is 1. The molecule has 1 aromatic rings. The monoisotopic (exact) mass is 210 g/mol. The SMILES string of the molecule is CN(C[C@H](O)c1ccc(O)cc1)C(N)=O. The van der Waals surface area contributed by atoms with Gasteiger partial charge in [-0.05, 0) is 17.7 Å². The molecule has 0 aliphatic carbocycles. The lowest BCUT2D eigenvalue weighted by Gasteiger charge is -2.18. The smallest absolute Gasteiger partial charge is 0.314 e. The maximum Gasteiger partial charge on any atom is 0.314 e. The summed E-state index contributed by atoms with van der Waals surface area (Å²) < 4.78 is 0. The number of phenolic OH excluding ortho intramolecular Hbond substituents is 1. The van der Waals surface area contributed by atoms with Crippen molar-refractivity contribution in [3.8, 4) is 5.75 Å². The molecule has 4 N–H and O–H groups in total. The van der Waals surface area contributed by atoms with Crippen LogP contribution in [0.15, 0.2) is 24.3 Å². The van der Waals surface area contributed by atoms with Gasteiger partial charge in [-0.1, -0.05) is 12.1 Å². The summed E-state index contributed by atoms with van der Waals surface area (Å²) in [6.45, 7) is 0.125. The van der Waals surface area contributed by atoms with Gasteiger partial charge in [0.05, 0.1) is 12.6 Å². The minimum Gasteiger partial charge on any atom is -0.508 e. The normalized spacial score (nSPS) is 12.1. The van der Waals surface area contributed by atoms with Crippen molar-refractivity contribution in [2.45, 2.75) is 6.10 Å². The Morgan fingerprint density at radius 1 is 1.47 bits per heavy atom. The zero-order valence-corrected chi connectivity index (χ0v) is 8.42. The first-order chi connectivity index (χ1) is 7.00. The number of aliphatic hydroxyl groups excluding tert-OH is 1. The molecule has 0 fully saturated rings. The highest BCUT2D eigenvalue weighted by Gasteiger charge is 2.12. The molecule has 2 amide bonds. The van der Waals surface area contributed by atoms with Gasteiger partial charge in [0.2, 0.25) is 0 Å². The van der Waals surface area contributed by atoms with Crippen LogP contribution in [0.1, 0.15) is 11.7 Å². The predicted octanol–water partition coefficient (Wildman–Crippen LogP) is 0.436. The van der Waals surface area contributed by atoms with E-state index in [0.29, 0.717) is 5.56 Å². The highest BCUT2D eigenvalue weighted by molar-refractivity contribution is 5.71. The molecule has 0 saturated carbocycles. The number of likely N-dealkylation sites (N-methyl/N-ethyl adjacent to an activating group) is 1. The van der Waals surface area contributed by atoms with Crippen LogP contribution in [-0.2, 0) is 0 Å². The number of carbonyl (C=O) groups excluding carboxylic acids is 1. The van der Waals surface area contributed by atoms with Gasteiger partial charge in [0.15, 0.2) is 0 Å². The van der Waals surface area contributed by atoms with Crippen LogP contribution >= 0.6 is 0 Å². The number of amides is 2. The van der Waals surface area contributed by atoms with Gasteiger partial charge in [0, 0.05) is 7.05 Å². The summed E-state index contributed by atoms with van der Waals surface area (Å²) in [6, 6.07) is 5.54. The number of aliphatic hydroxyl groups is 1. The predicted molar refractivity (Wildman–Crippen MR) is 55.3 cm³/mol. The Hall–Kier alpha value is -1.75. The van der Waals surface area contributed by atoms with E-state index in [-0.39, 0.29) is 12.3 Å². The Morgan fingerprint density at radius 3 is 2.47 bits per heavy atom. The molecular weight excluding hydrogens is 196 g/mol. The molecule has 0 saturated heterocycles. The van der Waals surface area contributed by atoms with E-state index in [1.165, 1.54) is 24.1 Å². The molecule has 0 unspecified atom stereocenters. The molecule has 1 aromatic carbocycles. The van der Waals surface area contributed by atoms with E-state index < -0.39 is 12.1 Å². The van der Waals surface area contributed by atoms with Crippen LogP contribution < -0.4 is 5.73 Å². The van der Waals surface area contributed by atoms with Gasteiger partial charge in [0.1, 0.15) is 5.75 Å². The summed E-state index contributed by atoms with van der Waals surface area (Å²) in [5, 5.41) is 18.7. The first kappa shape index (κ1) is 11.3. The van der Waals surface area contributed by atoms with E-state index in [2.05, 4.69) is 0 Å². The molecule has 0 spiro atoms. The Morgan fingerprint density at radius 2 is 2.00 bits per heavy atom. The number of hydrogen-bond acceptors (Lipinski definition) is 3. The molecule has 5 nitrogen and oxygen atoms in total. The first-order valence-electron chi connectivity index (χ1n) is 4.48. The van der Waals surface area contributed by atoms with Crippen molar-refractivity contribution >= 4 is 6.03 Å². The standard InChI is InChI=1S/C10H14N2O3/c1-12(10(11)15)6-9(14)7-2-4-8(13)5-3-7/h2-5,9,13-14H,6H2,1H3,(H2,11,15)/t9-/m0/s1. The Balaban J connectivity index is 2.64. The van der Waals surface area contributed by atoms with Gasteiger partial charge < -0.3 is 20.8 Å². The lowest BCUT2D eigenvalue weighted by molar-refractivity contribution is 0.135. The number of nitrogens with zero attached hydrogens (tertiary/aromatic N) is 1. The average Bonchev–Trinajstić information content (AvgIpc) is 2.18. The Kier molecular flexibility index (Phi) is 3.51. The van der Waals surface area contributed by atoms with Crippen molar-refractivity contribution in [2.75, 3.05) is 13.6 Å². The highest BCUT2D eigenvalue weighted by Crippen LogP contribution is 2.17. The number of urea groups is 1. The number of primary amides is 1. The Bertz CT molecular complexity index is 337.